The lowest BCUT2D eigenvalue weighted by Crippen LogP contribution is -2.39. The predicted octanol–water partition coefficient (Wildman–Crippen LogP) is 1.60. The van der Waals surface area contributed by atoms with Gasteiger partial charge in [0, 0.05) is 13.1 Å². The molecule has 1 aromatic carbocycles. The van der Waals surface area contributed by atoms with Gasteiger partial charge in [0.25, 0.3) is 0 Å². The van der Waals surface area contributed by atoms with Gasteiger partial charge in [0.2, 0.25) is 10.0 Å². The molecule has 1 aliphatic heterocycles. The van der Waals surface area contributed by atoms with Gasteiger partial charge in [-0.15, -0.1) is 0 Å². The third-order valence-electron chi connectivity index (χ3n) is 3.36. The summed E-state index contributed by atoms with van der Waals surface area (Å²) in [5.74, 6) is 0.422. The molecule has 0 aliphatic carbocycles. The zero-order valence-corrected chi connectivity index (χ0v) is 11.4. The van der Waals surface area contributed by atoms with Crippen LogP contribution in [0.1, 0.15) is 25.3 Å². The minimum absolute atomic E-state index is 0.0684. The average Bonchev–Trinajstić information content (AvgIpc) is 2.39. The molecule has 1 N–H and O–H groups in total. The second-order valence-electron chi connectivity index (χ2n) is 4.91. The Hall–Kier alpha value is -0.910. The van der Waals surface area contributed by atoms with Gasteiger partial charge in [0.05, 0.1) is 11.5 Å². The molecule has 4 nitrogen and oxygen atoms in total. The SMILES string of the molecule is CC1CCCN(S(=O)(=O)c2ccc(CO)cc2)C1. The topological polar surface area (TPSA) is 57.6 Å². The van der Waals surface area contributed by atoms with Crippen molar-refractivity contribution in [3.63, 3.8) is 0 Å². The summed E-state index contributed by atoms with van der Waals surface area (Å²) in [6.07, 6.45) is 2.02. The lowest BCUT2D eigenvalue weighted by atomic mass is 10.0. The first kappa shape index (κ1) is 13.5. The fraction of sp³-hybridized carbons (Fsp3) is 0.538. The van der Waals surface area contributed by atoms with E-state index in [4.69, 9.17) is 5.11 Å². The van der Waals surface area contributed by atoms with Crippen molar-refractivity contribution in [2.24, 2.45) is 5.92 Å². The Morgan fingerprint density at radius 2 is 2.00 bits per heavy atom. The number of hydrogen-bond acceptors (Lipinski definition) is 3. The number of piperidine rings is 1. The number of hydrogen-bond donors (Lipinski definition) is 1. The van der Waals surface area contributed by atoms with E-state index in [1.165, 1.54) is 0 Å². The zero-order valence-electron chi connectivity index (χ0n) is 10.5. The molecular formula is C13H19NO3S. The van der Waals surface area contributed by atoms with Crippen LogP contribution >= 0.6 is 0 Å². The summed E-state index contributed by atoms with van der Waals surface area (Å²) in [6.45, 7) is 3.22. The van der Waals surface area contributed by atoms with Crippen molar-refractivity contribution >= 4 is 10.0 Å². The van der Waals surface area contributed by atoms with Crippen LogP contribution in [0.25, 0.3) is 0 Å². The number of aliphatic hydroxyl groups excluding tert-OH is 1. The van der Waals surface area contributed by atoms with Crippen LogP contribution in [0.3, 0.4) is 0 Å². The summed E-state index contributed by atoms with van der Waals surface area (Å²) in [4.78, 5) is 0.314. The monoisotopic (exact) mass is 269 g/mol. The highest BCUT2D eigenvalue weighted by Crippen LogP contribution is 2.23. The molecule has 1 fully saturated rings. The lowest BCUT2D eigenvalue weighted by Gasteiger charge is -2.30. The van der Waals surface area contributed by atoms with Gasteiger partial charge in [-0.3, -0.25) is 0 Å². The first-order chi connectivity index (χ1) is 8.54. The van der Waals surface area contributed by atoms with Gasteiger partial charge in [-0.1, -0.05) is 19.1 Å². The van der Waals surface area contributed by atoms with Crippen LogP contribution in [0, 0.1) is 5.92 Å². The van der Waals surface area contributed by atoms with Gasteiger partial charge in [-0.2, -0.15) is 4.31 Å². The maximum absolute atomic E-state index is 12.4. The summed E-state index contributed by atoms with van der Waals surface area (Å²) in [7, 11) is -3.37. The second-order valence-corrected chi connectivity index (χ2v) is 6.85. The molecule has 1 aromatic rings. The molecule has 1 heterocycles. The fourth-order valence-electron chi connectivity index (χ4n) is 2.28. The molecule has 1 atom stereocenters. The predicted molar refractivity (Wildman–Crippen MR) is 69.5 cm³/mol. The Balaban J connectivity index is 2.23. The molecular weight excluding hydrogens is 250 g/mol. The minimum atomic E-state index is -3.37. The third-order valence-corrected chi connectivity index (χ3v) is 5.24. The molecule has 2 rings (SSSR count). The Labute approximate surface area is 108 Å². The maximum Gasteiger partial charge on any atom is 0.243 e. The summed E-state index contributed by atoms with van der Waals surface area (Å²) in [5, 5.41) is 8.95. The number of aliphatic hydroxyl groups is 1. The third kappa shape index (κ3) is 2.74. The van der Waals surface area contributed by atoms with Gasteiger partial charge in [-0.05, 0) is 36.5 Å². The van der Waals surface area contributed by atoms with Gasteiger partial charge in [-0.25, -0.2) is 8.42 Å². The first-order valence-electron chi connectivity index (χ1n) is 6.24. The van der Waals surface area contributed by atoms with Crippen molar-refractivity contribution in [1.82, 2.24) is 4.31 Å². The van der Waals surface area contributed by atoms with Crippen LogP contribution in [-0.4, -0.2) is 30.9 Å². The van der Waals surface area contributed by atoms with E-state index in [2.05, 4.69) is 6.92 Å². The smallest absolute Gasteiger partial charge is 0.243 e. The Bertz CT molecular complexity index is 495. The quantitative estimate of drug-likeness (QED) is 0.906. The van der Waals surface area contributed by atoms with Crippen LogP contribution < -0.4 is 0 Å². The highest BCUT2D eigenvalue weighted by molar-refractivity contribution is 7.89. The Kier molecular flexibility index (Phi) is 4.04. The Morgan fingerprint density at radius 1 is 1.33 bits per heavy atom. The van der Waals surface area contributed by atoms with Crippen molar-refractivity contribution in [2.75, 3.05) is 13.1 Å². The van der Waals surface area contributed by atoms with E-state index < -0.39 is 10.0 Å². The lowest BCUT2D eigenvalue weighted by molar-refractivity contribution is 0.280. The van der Waals surface area contributed by atoms with E-state index in [9.17, 15) is 8.42 Å². The molecule has 18 heavy (non-hydrogen) atoms. The molecule has 1 unspecified atom stereocenters. The van der Waals surface area contributed by atoms with E-state index in [0.29, 0.717) is 23.9 Å². The van der Waals surface area contributed by atoms with Gasteiger partial charge in [0.1, 0.15) is 0 Å². The van der Waals surface area contributed by atoms with Crippen LogP contribution in [0.2, 0.25) is 0 Å². The summed E-state index contributed by atoms with van der Waals surface area (Å²) in [6, 6.07) is 6.45. The van der Waals surface area contributed by atoms with E-state index in [1.54, 1.807) is 28.6 Å². The number of benzene rings is 1. The molecule has 0 bridgehead atoms. The van der Waals surface area contributed by atoms with Crippen LogP contribution in [0.5, 0.6) is 0 Å². The van der Waals surface area contributed by atoms with Crippen molar-refractivity contribution < 1.29 is 13.5 Å². The average molecular weight is 269 g/mol. The number of sulfonamides is 1. The summed E-state index contributed by atoms with van der Waals surface area (Å²) in [5.41, 5.74) is 0.723. The van der Waals surface area contributed by atoms with Gasteiger partial charge >= 0.3 is 0 Å². The van der Waals surface area contributed by atoms with E-state index in [0.717, 1.165) is 18.4 Å². The molecule has 1 aliphatic rings. The fourth-order valence-corrected chi connectivity index (χ4v) is 3.88. The Morgan fingerprint density at radius 3 is 2.56 bits per heavy atom. The first-order valence-corrected chi connectivity index (χ1v) is 7.68. The summed E-state index contributed by atoms with van der Waals surface area (Å²) >= 11 is 0. The zero-order chi connectivity index (χ0) is 13.2. The maximum atomic E-state index is 12.4. The minimum Gasteiger partial charge on any atom is -0.392 e. The molecule has 0 spiro atoms. The van der Waals surface area contributed by atoms with Crippen LogP contribution in [0.15, 0.2) is 29.2 Å². The molecule has 100 valence electrons. The number of rotatable bonds is 3. The van der Waals surface area contributed by atoms with Crippen molar-refractivity contribution in [3.8, 4) is 0 Å². The van der Waals surface area contributed by atoms with E-state index in [-0.39, 0.29) is 6.61 Å². The van der Waals surface area contributed by atoms with E-state index >= 15 is 0 Å². The van der Waals surface area contributed by atoms with Crippen molar-refractivity contribution in [2.45, 2.75) is 31.3 Å². The van der Waals surface area contributed by atoms with Gasteiger partial charge < -0.3 is 5.11 Å². The number of nitrogens with zero attached hydrogens (tertiary/aromatic N) is 1. The highest BCUT2D eigenvalue weighted by Gasteiger charge is 2.28. The van der Waals surface area contributed by atoms with Crippen LogP contribution in [0.4, 0.5) is 0 Å². The van der Waals surface area contributed by atoms with Crippen LogP contribution in [-0.2, 0) is 16.6 Å². The van der Waals surface area contributed by atoms with Crippen molar-refractivity contribution in [1.29, 1.82) is 0 Å². The normalized spacial score (nSPS) is 22.0. The molecule has 0 amide bonds. The largest absolute Gasteiger partial charge is 0.392 e. The second kappa shape index (κ2) is 5.38. The molecule has 1 saturated heterocycles. The van der Waals surface area contributed by atoms with Crippen molar-refractivity contribution in [3.05, 3.63) is 29.8 Å². The highest BCUT2D eigenvalue weighted by atomic mass is 32.2. The van der Waals surface area contributed by atoms with E-state index in [1.807, 2.05) is 0 Å². The summed E-state index contributed by atoms with van der Waals surface area (Å²) < 4.78 is 26.4. The molecule has 5 heteroatoms. The molecule has 0 radical (unpaired) electrons. The van der Waals surface area contributed by atoms with Gasteiger partial charge in [0.15, 0.2) is 0 Å². The standard InChI is InChI=1S/C13H19NO3S/c1-11-3-2-8-14(9-11)18(16,17)13-6-4-12(10-15)5-7-13/h4-7,11,15H,2-3,8-10H2,1H3. The molecule has 0 saturated carbocycles. The molecule has 0 aromatic heterocycles.